The van der Waals surface area contributed by atoms with Crippen molar-refractivity contribution >= 4 is 26.6 Å². The first kappa shape index (κ1) is 19.8. The summed E-state index contributed by atoms with van der Waals surface area (Å²) in [7, 11) is -3.58. The first-order valence-electron chi connectivity index (χ1n) is 8.89. The number of rotatable bonds is 7. The van der Waals surface area contributed by atoms with Crippen molar-refractivity contribution in [2.45, 2.75) is 31.7 Å². The molecule has 8 heteroatoms. The molecule has 0 aliphatic rings. The van der Waals surface area contributed by atoms with Crippen LogP contribution < -0.4 is 4.72 Å². The maximum atomic E-state index is 14.3. The fraction of sp³-hybridized carbons (Fsp3) is 0.300. The van der Waals surface area contributed by atoms with E-state index < -0.39 is 21.4 Å². The number of nitrogens with zero attached hydrogens (tertiary/aromatic N) is 3. The van der Waals surface area contributed by atoms with E-state index >= 15 is 0 Å². The second-order valence-corrected chi connectivity index (χ2v) is 8.47. The molecular weight excluding hydrogens is 379 g/mol. The first-order chi connectivity index (χ1) is 13.3. The standard InChI is InChI=1S/C20H21FN4O2S/c1-3-20(10-7-11-22,15-8-5-4-6-9-15)25-19-13-16(21)12-18(17(19)14-23-25)24-28(2,26)27/h4-6,8-9,12-14,24H,3,7,10H2,1-2H3. The van der Waals surface area contributed by atoms with E-state index in [2.05, 4.69) is 15.9 Å². The van der Waals surface area contributed by atoms with Crippen molar-refractivity contribution < 1.29 is 12.8 Å². The Kier molecular flexibility index (Phi) is 5.38. The average Bonchev–Trinajstić information content (AvgIpc) is 3.07. The van der Waals surface area contributed by atoms with Crippen LogP contribution in [0.3, 0.4) is 0 Å². The lowest BCUT2D eigenvalue weighted by molar-refractivity contribution is 0.298. The van der Waals surface area contributed by atoms with Gasteiger partial charge in [0, 0.05) is 11.8 Å². The summed E-state index contributed by atoms with van der Waals surface area (Å²) in [5, 5.41) is 14.2. The zero-order chi connectivity index (χ0) is 20.4. The number of hydrogen-bond acceptors (Lipinski definition) is 4. The van der Waals surface area contributed by atoms with E-state index in [1.54, 1.807) is 4.68 Å². The van der Waals surface area contributed by atoms with E-state index in [0.29, 0.717) is 30.2 Å². The average molecular weight is 400 g/mol. The molecule has 0 saturated heterocycles. The molecule has 1 N–H and O–H groups in total. The molecule has 0 aliphatic carbocycles. The minimum Gasteiger partial charge on any atom is -0.283 e. The highest BCUT2D eigenvalue weighted by Crippen LogP contribution is 2.38. The van der Waals surface area contributed by atoms with Gasteiger partial charge in [0.05, 0.1) is 35.3 Å². The van der Waals surface area contributed by atoms with Gasteiger partial charge in [-0.2, -0.15) is 10.4 Å². The largest absolute Gasteiger partial charge is 0.283 e. The number of nitriles is 1. The molecule has 146 valence electrons. The molecule has 0 spiro atoms. The second kappa shape index (κ2) is 7.60. The number of nitrogens with one attached hydrogen (secondary N) is 1. The van der Waals surface area contributed by atoms with E-state index in [-0.39, 0.29) is 5.69 Å². The molecular formula is C20H21FN4O2S. The molecule has 1 atom stereocenters. The molecule has 2 aromatic carbocycles. The highest BCUT2D eigenvalue weighted by Gasteiger charge is 2.34. The van der Waals surface area contributed by atoms with Crippen molar-refractivity contribution in [3.05, 3.63) is 60.0 Å². The Morgan fingerprint density at radius 2 is 2.00 bits per heavy atom. The summed E-state index contributed by atoms with van der Waals surface area (Å²) >= 11 is 0. The molecule has 3 aromatic rings. The van der Waals surface area contributed by atoms with Crippen LogP contribution >= 0.6 is 0 Å². The van der Waals surface area contributed by atoms with Crippen LogP contribution in [0.1, 0.15) is 31.7 Å². The molecule has 28 heavy (non-hydrogen) atoms. The van der Waals surface area contributed by atoms with Crippen LogP contribution in [0.4, 0.5) is 10.1 Å². The summed E-state index contributed by atoms with van der Waals surface area (Å²) < 4.78 is 41.8. The van der Waals surface area contributed by atoms with Crippen molar-refractivity contribution in [2.75, 3.05) is 11.0 Å². The number of hydrogen-bond donors (Lipinski definition) is 1. The maximum Gasteiger partial charge on any atom is 0.229 e. The quantitative estimate of drug-likeness (QED) is 0.649. The summed E-state index contributed by atoms with van der Waals surface area (Å²) in [5.41, 5.74) is 0.908. The minimum atomic E-state index is -3.58. The van der Waals surface area contributed by atoms with Crippen molar-refractivity contribution in [3.63, 3.8) is 0 Å². The predicted molar refractivity (Wildman–Crippen MR) is 107 cm³/mol. The fourth-order valence-corrected chi connectivity index (χ4v) is 4.20. The minimum absolute atomic E-state index is 0.141. The zero-order valence-corrected chi connectivity index (χ0v) is 16.5. The molecule has 1 heterocycles. The lowest BCUT2D eigenvalue weighted by Gasteiger charge is -2.34. The number of anilines is 1. The maximum absolute atomic E-state index is 14.3. The third-order valence-corrected chi connectivity index (χ3v) is 5.49. The Balaban J connectivity index is 2.28. The molecule has 6 nitrogen and oxygen atoms in total. The van der Waals surface area contributed by atoms with E-state index in [1.165, 1.54) is 12.3 Å². The molecule has 0 saturated carbocycles. The summed E-state index contributed by atoms with van der Waals surface area (Å²) in [4.78, 5) is 0. The Morgan fingerprint density at radius 1 is 1.29 bits per heavy atom. The van der Waals surface area contributed by atoms with E-state index in [4.69, 9.17) is 0 Å². The van der Waals surface area contributed by atoms with E-state index in [0.717, 1.165) is 17.9 Å². The molecule has 1 unspecified atom stereocenters. The Morgan fingerprint density at radius 3 is 2.61 bits per heavy atom. The number of sulfonamides is 1. The topological polar surface area (TPSA) is 87.8 Å². The lowest BCUT2D eigenvalue weighted by atomic mass is 9.83. The molecule has 0 bridgehead atoms. The Hall–Kier alpha value is -2.92. The second-order valence-electron chi connectivity index (χ2n) is 6.73. The van der Waals surface area contributed by atoms with Gasteiger partial charge in [0.1, 0.15) is 5.82 Å². The van der Waals surface area contributed by atoms with Gasteiger partial charge in [-0.05, 0) is 30.5 Å². The number of benzene rings is 2. The van der Waals surface area contributed by atoms with Crippen LogP contribution in [-0.4, -0.2) is 24.5 Å². The Bertz CT molecular complexity index is 1140. The summed E-state index contributed by atoms with van der Waals surface area (Å²) in [6, 6.07) is 14.3. The molecule has 3 rings (SSSR count). The lowest BCUT2D eigenvalue weighted by Crippen LogP contribution is -2.35. The van der Waals surface area contributed by atoms with Crippen molar-refractivity contribution in [1.82, 2.24) is 9.78 Å². The zero-order valence-electron chi connectivity index (χ0n) is 15.7. The fourth-order valence-electron chi connectivity index (χ4n) is 3.63. The predicted octanol–water partition coefficient (Wildman–Crippen LogP) is 4.00. The first-order valence-corrected chi connectivity index (χ1v) is 10.8. The number of aromatic nitrogens is 2. The number of fused-ring (bicyclic) bond motifs is 1. The van der Waals surface area contributed by atoms with Crippen LogP contribution in [0, 0.1) is 17.1 Å². The van der Waals surface area contributed by atoms with Crippen LogP contribution in [0.2, 0.25) is 0 Å². The van der Waals surface area contributed by atoms with Crippen molar-refractivity contribution in [1.29, 1.82) is 5.26 Å². The molecule has 1 aromatic heterocycles. The summed E-state index contributed by atoms with van der Waals surface area (Å²) in [6.07, 6.45) is 3.96. The molecule has 0 amide bonds. The smallest absolute Gasteiger partial charge is 0.229 e. The summed E-state index contributed by atoms with van der Waals surface area (Å²) in [5.74, 6) is -0.571. The molecule has 0 fully saturated rings. The third-order valence-electron chi connectivity index (χ3n) is 4.90. The SMILES string of the molecule is CCC(CCC#N)(c1ccccc1)n1ncc2c(NS(C)(=O)=O)cc(F)cc21. The highest BCUT2D eigenvalue weighted by atomic mass is 32.2. The van der Waals surface area contributed by atoms with Crippen molar-refractivity contribution in [3.8, 4) is 6.07 Å². The highest BCUT2D eigenvalue weighted by molar-refractivity contribution is 7.92. The molecule has 0 aliphatic heterocycles. The van der Waals surface area contributed by atoms with Gasteiger partial charge < -0.3 is 0 Å². The monoisotopic (exact) mass is 400 g/mol. The van der Waals surface area contributed by atoms with Gasteiger partial charge in [-0.1, -0.05) is 37.3 Å². The van der Waals surface area contributed by atoms with Crippen LogP contribution in [0.25, 0.3) is 10.9 Å². The number of halogens is 1. The molecule has 0 radical (unpaired) electrons. The van der Waals surface area contributed by atoms with Gasteiger partial charge in [0.25, 0.3) is 0 Å². The van der Waals surface area contributed by atoms with Gasteiger partial charge in [-0.25, -0.2) is 12.8 Å². The summed E-state index contributed by atoms with van der Waals surface area (Å²) in [6.45, 7) is 1.99. The van der Waals surface area contributed by atoms with Gasteiger partial charge in [-0.3, -0.25) is 9.40 Å². The normalized spacial score (nSPS) is 13.8. The van der Waals surface area contributed by atoms with Crippen LogP contribution in [0.15, 0.2) is 48.7 Å². The Labute approximate surface area is 163 Å². The van der Waals surface area contributed by atoms with Gasteiger partial charge in [-0.15, -0.1) is 0 Å². The van der Waals surface area contributed by atoms with Crippen LogP contribution in [0.5, 0.6) is 0 Å². The van der Waals surface area contributed by atoms with Gasteiger partial charge in [0.15, 0.2) is 0 Å². The van der Waals surface area contributed by atoms with Gasteiger partial charge in [0.2, 0.25) is 10.0 Å². The van der Waals surface area contributed by atoms with Crippen molar-refractivity contribution in [2.24, 2.45) is 0 Å². The van der Waals surface area contributed by atoms with Crippen LogP contribution in [-0.2, 0) is 15.6 Å². The third kappa shape index (κ3) is 3.71. The van der Waals surface area contributed by atoms with Gasteiger partial charge >= 0.3 is 0 Å². The van der Waals surface area contributed by atoms with E-state index in [9.17, 15) is 18.1 Å². The van der Waals surface area contributed by atoms with E-state index in [1.807, 2.05) is 37.3 Å².